The topological polar surface area (TPSA) is 58.1 Å². The number of carbonyl (C=O) groups is 1. The predicted octanol–water partition coefficient (Wildman–Crippen LogP) is 3.49. The number of nitrogens with zero attached hydrogens (tertiary/aromatic N) is 3. The van der Waals surface area contributed by atoms with Gasteiger partial charge in [-0.25, -0.2) is 14.4 Å². The summed E-state index contributed by atoms with van der Waals surface area (Å²) in [6, 6.07) is 12.3. The molecular weight excluding hydrogens is 307 g/mol. The van der Waals surface area contributed by atoms with Crippen LogP contribution in [0.4, 0.5) is 15.9 Å². The maximum atomic E-state index is 14.1. The summed E-state index contributed by atoms with van der Waals surface area (Å²) in [5, 5.41) is 3.49. The molecule has 1 aromatic heterocycles. The zero-order chi connectivity index (χ0) is 17.1. The van der Waals surface area contributed by atoms with Crippen molar-refractivity contribution in [3.05, 3.63) is 60.2 Å². The predicted molar refractivity (Wildman–Crippen MR) is 91.4 cm³/mol. The largest absolute Gasteiger partial charge is 0.342 e. The minimum atomic E-state index is -0.372. The lowest BCUT2D eigenvalue weighted by Gasteiger charge is -2.16. The Morgan fingerprint density at radius 2 is 2.00 bits per heavy atom. The van der Waals surface area contributed by atoms with Gasteiger partial charge in [-0.15, -0.1) is 0 Å². The normalized spacial score (nSPS) is 10.6. The Kier molecular flexibility index (Phi) is 4.37. The highest BCUT2D eigenvalue weighted by Gasteiger charge is 2.09. The lowest BCUT2D eigenvalue weighted by atomic mass is 10.1. The molecule has 1 amide bonds. The fourth-order valence-electron chi connectivity index (χ4n) is 2.43. The molecule has 6 heteroatoms. The van der Waals surface area contributed by atoms with Crippen LogP contribution < -0.4 is 5.32 Å². The van der Waals surface area contributed by atoms with Crippen LogP contribution in [0.3, 0.4) is 0 Å². The van der Waals surface area contributed by atoms with E-state index < -0.39 is 0 Å². The molecule has 0 aliphatic rings. The molecule has 0 saturated heterocycles. The van der Waals surface area contributed by atoms with Gasteiger partial charge < -0.3 is 10.2 Å². The maximum absolute atomic E-state index is 14.1. The molecule has 5 nitrogen and oxygen atoms in total. The van der Waals surface area contributed by atoms with Crippen molar-refractivity contribution in [2.24, 2.45) is 0 Å². The van der Waals surface area contributed by atoms with Crippen LogP contribution in [0.1, 0.15) is 12.5 Å². The van der Waals surface area contributed by atoms with E-state index in [1.807, 2.05) is 24.3 Å². The van der Waals surface area contributed by atoms with Crippen LogP contribution in [0, 0.1) is 5.82 Å². The fraction of sp³-hybridized carbons (Fsp3) is 0.167. The minimum Gasteiger partial charge on any atom is -0.342 e. The first-order valence-corrected chi connectivity index (χ1v) is 7.51. The highest BCUT2D eigenvalue weighted by atomic mass is 19.1. The number of rotatable bonds is 4. The zero-order valence-corrected chi connectivity index (χ0v) is 13.5. The van der Waals surface area contributed by atoms with Crippen molar-refractivity contribution >= 4 is 28.3 Å². The Bertz CT molecular complexity index is 892. The summed E-state index contributed by atoms with van der Waals surface area (Å²) in [7, 11) is 1.75. The van der Waals surface area contributed by atoms with Crippen LogP contribution in [-0.4, -0.2) is 27.8 Å². The summed E-state index contributed by atoms with van der Waals surface area (Å²) in [4.78, 5) is 21.2. The first-order chi connectivity index (χ1) is 11.5. The average Bonchev–Trinajstić information content (AvgIpc) is 2.55. The van der Waals surface area contributed by atoms with Crippen molar-refractivity contribution in [1.82, 2.24) is 14.9 Å². The Balaban J connectivity index is 1.91. The SMILES string of the molecule is CC(=O)N(C)Cc1cccc(Nc2ncnc3cccc(F)c23)c1. The van der Waals surface area contributed by atoms with Crippen LogP contribution in [0.2, 0.25) is 0 Å². The molecule has 24 heavy (non-hydrogen) atoms. The monoisotopic (exact) mass is 324 g/mol. The smallest absolute Gasteiger partial charge is 0.219 e. The van der Waals surface area contributed by atoms with Gasteiger partial charge in [-0.2, -0.15) is 0 Å². The number of carbonyl (C=O) groups excluding carboxylic acids is 1. The van der Waals surface area contributed by atoms with E-state index in [1.165, 1.54) is 19.3 Å². The van der Waals surface area contributed by atoms with Crippen LogP contribution in [0.25, 0.3) is 10.9 Å². The number of benzene rings is 2. The summed E-state index contributed by atoms with van der Waals surface area (Å²) < 4.78 is 14.1. The molecule has 0 radical (unpaired) electrons. The van der Waals surface area contributed by atoms with Crippen molar-refractivity contribution in [1.29, 1.82) is 0 Å². The molecule has 0 saturated carbocycles. The van der Waals surface area contributed by atoms with Crippen molar-refractivity contribution in [3.8, 4) is 0 Å². The second kappa shape index (κ2) is 6.62. The molecule has 0 spiro atoms. The van der Waals surface area contributed by atoms with Crippen molar-refractivity contribution < 1.29 is 9.18 Å². The maximum Gasteiger partial charge on any atom is 0.219 e. The van der Waals surface area contributed by atoms with Gasteiger partial charge in [0.15, 0.2) is 0 Å². The lowest BCUT2D eigenvalue weighted by Crippen LogP contribution is -2.22. The number of aromatic nitrogens is 2. The third kappa shape index (κ3) is 3.32. The van der Waals surface area contributed by atoms with E-state index in [4.69, 9.17) is 0 Å². The van der Waals surface area contributed by atoms with Gasteiger partial charge >= 0.3 is 0 Å². The van der Waals surface area contributed by atoms with Gasteiger partial charge in [0.05, 0.1) is 10.9 Å². The van der Waals surface area contributed by atoms with E-state index in [2.05, 4.69) is 15.3 Å². The van der Waals surface area contributed by atoms with Crippen molar-refractivity contribution in [3.63, 3.8) is 0 Å². The van der Waals surface area contributed by atoms with Gasteiger partial charge in [-0.1, -0.05) is 18.2 Å². The van der Waals surface area contributed by atoms with Gasteiger partial charge in [0.2, 0.25) is 5.91 Å². The average molecular weight is 324 g/mol. The Hall–Kier alpha value is -3.02. The van der Waals surface area contributed by atoms with Crippen molar-refractivity contribution in [2.45, 2.75) is 13.5 Å². The molecule has 0 unspecified atom stereocenters. The third-order valence-corrected chi connectivity index (χ3v) is 3.76. The molecule has 1 N–H and O–H groups in total. The molecule has 2 aromatic carbocycles. The van der Waals surface area contributed by atoms with E-state index in [0.29, 0.717) is 23.3 Å². The van der Waals surface area contributed by atoms with E-state index >= 15 is 0 Å². The quantitative estimate of drug-likeness (QED) is 0.798. The Morgan fingerprint density at radius 1 is 1.21 bits per heavy atom. The molecule has 122 valence electrons. The van der Waals surface area contributed by atoms with E-state index in [9.17, 15) is 9.18 Å². The van der Waals surface area contributed by atoms with Gasteiger partial charge in [-0.05, 0) is 29.8 Å². The van der Waals surface area contributed by atoms with E-state index in [-0.39, 0.29) is 11.7 Å². The standard InChI is InChI=1S/C18H17FN4O/c1-12(24)23(2)10-13-5-3-6-14(9-13)22-18-17-15(19)7-4-8-16(17)20-11-21-18/h3-9,11H,10H2,1-2H3,(H,20,21,22). The number of halogens is 1. The Labute approximate surface area is 139 Å². The Morgan fingerprint density at radius 3 is 2.79 bits per heavy atom. The molecule has 3 rings (SSSR count). The molecule has 0 fully saturated rings. The van der Waals surface area contributed by atoms with E-state index in [1.54, 1.807) is 24.1 Å². The molecule has 0 aliphatic carbocycles. The summed E-state index contributed by atoms with van der Waals surface area (Å²) in [5.74, 6) is 0.0375. The summed E-state index contributed by atoms with van der Waals surface area (Å²) >= 11 is 0. The molecule has 3 aromatic rings. The zero-order valence-electron chi connectivity index (χ0n) is 13.5. The van der Waals surface area contributed by atoms with Crippen LogP contribution in [0.15, 0.2) is 48.8 Å². The van der Waals surface area contributed by atoms with Gasteiger partial charge in [-0.3, -0.25) is 4.79 Å². The van der Waals surface area contributed by atoms with Gasteiger partial charge in [0.25, 0.3) is 0 Å². The molecule has 0 bridgehead atoms. The molecule has 0 atom stereocenters. The van der Waals surface area contributed by atoms with Gasteiger partial charge in [0.1, 0.15) is 18.0 Å². The summed E-state index contributed by atoms with van der Waals surface area (Å²) in [6.07, 6.45) is 1.40. The van der Waals surface area contributed by atoms with E-state index in [0.717, 1.165) is 11.3 Å². The summed E-state index contributed by atoms with van der Waals surface area (Å²) in [5.41, 5.74) is 2.28. The van der Waals surface area contributed by atoms with Crippen LogP contribution in [0.5, 0.6) is 0 Å². The first kappa shape index (κ1) is 15.9. The third-order valence-electron chi connectivity index (χ3n) is 3.76. The van der Waals surface area contributed by atoms with Crippen molar-refractivity contribution in [2.75, 3.05) is 12.4 Å². The molecular formula is C18H17FN4O. The van der Waals surface area contributed by atoms with Crippen LogP contribution in [-0.2, 0) is 11.3 Å². The fourth-order valence-corrected chi connectivity index (χ4v) is 2.43. The highest BCUT2D eigenvalue weighted by molar-refractivity contribution is 5.91. The van der Waals surface area contributed by atoms with Gasteiger partial charge in [0, 0.05) is 26.2 Å². The number of fused-ring (bicyclic) bond motifs is 1. The second-order valence-corrected chi connectivity index (χ2v) is 5.56. The number of nitrogens with one attached hydrogen (secondary N) is 1. The highest BCUT2D eigenvalue weighted by Crippen LogP contribution is 2.25. The minimum absolute atomic E-state index is 0.00257. The number of hydrogen-bond acceptors (Lipinski definition) is 4. The molecule has 0 aliphatic heterocycles. The number of hydrogen-bond donors (Lipinski definition) is 1. The van der Waals surface area contributed by atoms with Crippen LogP contribution >= 0.6 is 0 Å². The molecule has 1 heterocycles. The number of anilines is 2. The second-order valence-electron chi connectivity index (χ2n) is 5.56. The first-order valence-electron chi connectivity index (χ1n) is 7.51. The summed E-state index contributed by atoms with van der Waals surface area (Å²) in [6.45, 7) is 2.03. The lowest BCUT2D eigenvalue weighted by molar-refractivity contribution is -0.128. The number of amides is 1.